The first-order valence-corrected chi connectivity index (χ1v) is 5.16. The maximum atomic E-state index is 8.54. The molecule has 0 fully saturated rings. The summed E-state index contributed by atoms with van der Waals surface area (Å²) in [7, 11) is 0. The molecule has 2 rings (SSSR count). The number of benzene rings is 1. The number of aromatic nitrogens is 2. The minimum absolute atomic E-state index is 0.273. The van der Waals surface area contributed by atoms with E-state index < -0.39 is 0 Å². The van der Waals surface area contributed by atoms with Gasteiger partial charge in [-0.05, 0) is 17.7 Å². The van der Waals surface area contributed by atoms with E-state index in [4.69, 9.17) is 14.5 Å². The molecule has 0 aliphatic heterocycles. The molecule has 2 aromatic rings. The van der Waals surface area contributed by atoms with Crippen molar-refractivity contribution >= 4 is 0 Å². The van der Waals surface area contributed by atoms with Crippen LogP contribution in [0.25, 0.3) is 0 Å². The van der Waals surface area contributed by atoms with Crippen molar-refractivity contribution in [2.45, 2.75) is 20.0 Å². The van der Waals surface area contributed by atoms with E-state index in [1.165, 1.54) is 0 Å². The number of nitriles is 1. The molecule has 0 atom stereocenters. The summed E-state index contributed by atoms with van der Waals surface area (Å²) in [5.74, 6) is 1.76. The maximum Gasteiger partial charge on any atom is 0.223 e. The standard InChI is InChI=1S/C12H11N3O2/c1-9-14-12(15-17-9)8-16-11-4-2-10(3-5-11)6-7-13/h2-5H,6,8H2,1H3. The molecule has 1 heterocycles. The van der Waals surface area contributed by atoms with Crippen LogP contribution in [-0.2, 0) is 13.0 Å². The smallest absolute Gasteiger partial charge is 0.223 e. The van der Waals surface area contributed by atoms with Crippen molar-refractivity contribution in [2.24, 2.45) is 0 Å². The second kappa shape index (κ2) is 5.12. The maximum absolute atomic E-state index is 8.54. The molecule has 86 valence electrons. The Kier molecular flexibility index (Phi) is 3.36. The number of nitrogens with zero attached hydrogens (tertiary/aromatic N) is 3. The van der Waals surface area contributed by atoms with E-state index in [0.29, 0.717) is 23.9 Å². The van der Waals surface area contributed by atoms with Crippen LogP contribution in [0, 0.1) is 18.3 Å². The molecule has 0 unspecified atom stereocenters. The van der Waals surface area contributed by atoms with Gasteiger partial charge >= 0.3 is 0 Å². The van der Waals surface area contributed by atoms with Crippen molar-refractivity contribution in [3.05, 3.63) is 41.5 Å². The molecule has 0 amide bonds. The zero-order valence-corrected chi connectivity index (χ0v) is 9.38. The van der Waals surface area contributed by atoms with Crippen molar-refractivity contribution in [1.82, 2.24) is 10.1 Å². The van der Waals surface area contributed by atoms with Gasteiger partial charge in [-0.25, -0.2) is 0 Å². The highest BCUT2D eigenvalue weighted by atomic mass is 16.5. The lowest BCUT2D eigenvalue weighted by atomic mass is 10.2. The topological polar surface area (TPSA) is 71.9 Å². The van der Waals surface area contributed by atoms with Crippen molar-refractivity contribution in [3.63, 3.8) is 0 Å². The minimum atomic E-state index is 0.273. The van der Waals surface area contributed by atoms with Crippen LogP contribution in [0.4, 0.5) is 0 Å². The van der Waals surface area contributed by atoms with E-state index in [-0.39, 0.29) is 6.61 Å². The Morgan fingerprint density at radius 3 is 2.71 bits per heavy atom. The van der Waals surface area contributed by atoms with Crippen molar-refractivity contribution in [1.29, 1.82) is 5.26 Å². The van der Waals surface area contributed by atoms with Crippen LogP contribution < -0.4 is 4.74 Å². The average Bonchev–Trinajstić information content (AvgIpc) is 2.75. The third kappa shape index (κ3) is 3.05. The van der Waals surface area contributed by atoms with Gasteiger partial charge in [0.1, 0.15) is 5.75 Å². The molecule has 0 bridgehead atoms. The summed E-state index contributed by atoms with van der Waals surface area (Å²) in [6.45, 7) is 2.00. The van der Waals surface area contributed by atoms with Crippen LogP contribution in [0.2, 0.25) is 0 Å². The van der Waals surface area contributed by atoms with Gasteiger partial charge in [-0.1, -0.05) is 17.3 Å². The molecule has 0 N–H and O–H groups in total. The normalized spacial score (nSPS) is 9.88. The largest absolute Gasteiger partial charge is 0.485 e. The Labute approximate surface area is 98.6 Å². The van der Waals surface area contributed by atoms with Gasteiger partial charge in [0.05, 0.1) is 12.5 Å². The molecular formula is C12H11N3O2. The average molecular weight is 229 g/mol. The highest BCUT2D eigenvalue weighted by molar-refractivity contribution is 5.28. The molecule has 0 aliphatic rings. The SMILES string of the molecule is Cc1nc(COc2ccc(CC#N)cc2)no1. The summed E-state index contributed by atoms with van der Waals surface area (Å²) in [5, 5.41) is 12.3. The Morgan fingerprint density at radius 1 is 1.35 bits per heavy atom. The van der Waals surface area contributed by atoms with Gasteiger partial charge in [-0.3, -0.25) is 0 Å². The molecule has 5 heteroatoms. The van der Waals surface area contributed by atoms with Crippen LogP contribution in [0.5, 0.6) is 5.75 Å². The number of hydrogen-bond donors (Lipinski definition) is 0. The highest BCUT2D eigenvalue weighted by Crippen LogP contribution is 2.13. The highest BCUT2D eigenvalue weighted by Gasteiger charge is 2.03. The summed E-state index contributed by atoms with van der Waals surface area (Å²) in [6.07, 6.45) is 0.407. The predicted octanol–water partition coefficient (Wildman–Crippen LogP) is 2.02. The molecule has 0 saturated carbocycles. The van der Waals surface area contributed by atoms with Crippen LogP contribution in [-0.4, -0.2) is 10.1 Å². The van der Waals surface area contributed by atoms with Crippen LogP contribution in [0.1, 0.15) is 17.3 Å². The first-order valence-electron chi connectivity index (χ1n) is 5.16. The number of aryl methyl sites for hydroxylation is 1. The lowest BCUT2D eigenvalue weighted by Gasteiger charge is -2.03. The van der Waals surface area contributed by atoms with Gasteiger partial charge in [0, 0.05) is 6.92 Å². The summed E-state index contributed by atoms with van der Waals surface area (Å²) in [5.41, 5.74) is 0.968. The minimum Gasteiger partial charge on any atom is -0.485 e. The fraction of sp³-hybridized carbons (Fsp3) is 0.250. The fourth-order valence-electron chi connectivity index (χ4n) is 1.34. The number of rotatable bonds is 4. The van der Waals surface area contributed by atoms with E-state index in [9.17, 15) is 0 Å². The molecule has 0 spiro atoms. The first-order chi connectivity index (χ1) is 8.28. The zero-order chi connectivity index (χ0) is 12.1. The second-order valence-electron chi connectivity index (χ2n) is 3.50. The Morgan fingerprint density at radius 2 is 2.12 bits per heavy atom. The van der Waals surface area contributed by atoms with E-state index in [1.807, 2.05) is 24.3 Å². The van der Waals surface area contributed by atoms with Gasteiger partial charge in [-0.15, -0.1) is 0 Å². The third-order valence-electron chi connectivity index (χ3n) is 2.14. The Bertz CT molecular complexity index is 525. The Hall–Kier alpha value is -2.35. The lowest BCUT2D eigenvalue weighted by molar-refractivity contribution is 0.285. The van der Waals surface area contributed by atoms with Gasteiger partial charge < -0.3 is 9.26 Å². The molecule has 17 heavy (non-hydrogen) atoms. The van der Waals surface area contributed by atoms with E-state index >= 15 is 0 Å². The molecular weight excluding hydrogens is 218 g/mol. The third-order valence-corrected chi connectivity index (χ3v) is 2.14. The summed E-state index contributed by atoms with van der Waals surface area (Å²) < 4.78 is 10.3. The predicted molar refractivity (Wildman–Crippen MR) is 59.1 cm³/mol. The van der Waals surface area contributed by atoms with Gasteiger partial charge in [0.25, 0.3) is 0 Å². The van der Waals surface area contributed by atoms with Crippen molar-refractivity contribution in [3.8, 4) is 11.8 Å². The molecule has 1 aromatic heterocycles. The lowest BCUT2D eigenvalue weighted by Crippen LogP contribution is -1.97. The Balaban J connectivity index is 1.93. The summed E-state index contributed by atoms with van der Waals surface area (Å²) >= 11 is 0. The fourth-order valence-corrected chi connectivity index (χ4v) is 1.34. The van der Waals surface area contributed by atoms with Gasteiger partial charge in [0.2, 0.25) is 11.7 Å². The van der Waals surface area contributed by atoms with Crippen LogP contribution in [0.15, 0.2) is 28.8 Å². The number of hydrogen-bond acceptors (Lipinski definition) is 5. The number of ether oxygens (including phenoxy) is 1. The van der Waals surface area contributed by atoms with Crippen LogP contribution >= 0.6 is 0 Å². The molecule has 0 aliphatic carbocycles. The molecule has 0 saturated heterocycles. The van der Waals surface area contributed by atoms with Gasteiger partial charge in [0.15, 0.2) is 6.61 Å². The second-order valence-corrected chi connectivity index (χ2v) is 3.50. The summed E-state index contributed by atoms with van der Waals surface area (Å²) in [4.78, 5) is 4.03. The molecule has 5 nitrogen and oxygen atoms in total. The van der Waals surface area contributed by atoms with Crippen molar-refractivity contribution < 1.29 is 9.26 Å². The quantitative estimate of drug-likeness (QED) is 0.802. The van der Waals surface area contributed by atoms with E-state index in [2.05, 4.69) is 16.2 Å². The van der Waals surface area contributed by atoms with E-state index in [1.54, 1.807) is 6.92 Å². The van der Waals surface area contributed by atoms with Crippen molar-refractivity contribution in [2.75, 3.05) is 0 Å². The summed E-state index contributed by atoms with van der Waals surface area (Å²) in [6, 6.07) is 9.45. The first kappa shape index (κ1) is 11.1. The zero-order valence-electron chi connectivity index (χ0n) is 9.38. The van der Waals surface area contributed by atoms with E-state index in [0.717, 1.165) is 5.56 Å². The monoisotopic (exact) mass is 229 g/mol. The van der Waals surface area contributed by atoms with Gasteiger partial charge in [-0.2, -0.15) is 10.2 Å². The molecule has 0 radical (unpaired) electrons. The molecule has 1 aromatic carbocycles. The van der Waals surface area contributed by atoms with Crippen LogP contribution in [0.3, 0.4) is 0 Å².